The molecule has 0 heterocycles. The Morgan fingerprint density at radius 2 is 1.71 bits per heavy atom. The highest BCUT2D eigenvalue weighted by atomic mass is 127. The zero-order valence-electron chi connectivity index (χ0n) is 17.3. The first-order valence-electron chi connectivity index (χ1n) is 9.28. The number of halogens is 1. The predicted molar refractivity (Wildman–Crippen MR) is 120 cm³/mol. The first kappa shape index (κ1) is 24.3. The maximum Gasteiger partial charge on any atom is 0.408 e. The maximum atomic E-state index is 12.2. The SMILES string of the molecule is COC(=O)[C@H](Cc1cc(I)c(OC(C)=O)c(C(C)=O)c1)NC(=O)OCc1ccccc1. The smallest absolute Gasteiger partial charge is 0.408 e. The van der Waals surface area contributed by atoms with Gasteiger partial charge in [-0.1, -0.05) is 30.3 Å². The van der Waals surface area contributed by atoms with Crippen molar-refractivity contribution in [2.45, 2.75) is 32.9 Å². The summed E-state index contributed by atoms with van der Waals surface area (Å²) in [7, 11) is 1.21. The van der Waals surface area contributed by atoms with Gasteiger partial charge in [0.2, 0.25) is 0 Å². The number of ketones is 1. The molecule has 0 aliphatic carbocycles. The van der Waals surface area contributed by atoms with Gasteiger partial charge in [-0.05, 0) is 52.8 Å². The molecule has 1 atom stereocenters. The summed E-state index contributed by atoms with van der Waals surface area (Å²) in [5.74, 6) is -1.36. The zero-order chi connectivity index (χ0) is 23.0. The van der Waals surface area contributed by atoms with Crippen molar-refractivity contribution in [1.29, 1.82) is 0 Å². The lowest BCUT2D eigenvalue weighted by Crippen LogP contribution is -2.43. The second-order valence-corrected chi connectivity index (χ2v) is 7.75. The van der Waals surface area contributed by atoms with Crippen LogP contribution in [0.4, 0.5) is 4.79 Å². The first-order valence-corrected chi connectivity index (χ1v) is 10.4. The van der Waals surface area contributed by atoms with Gasteiger partial charge in [-0.15, -0.1) is 0 Å². The molecule has 0 bridgehead atoms. The first-order chi connectivity index (χ1) is 14.7. The van der Waals surface area contributed by atoms with Gasteiger partial charge >= 0.3 is 18.0 Å². The summed E-state index contributed by atoms with van der Waals surface area (Å²) in [6.07, 6.45) is -0.735. The number of Topliss-reactive ketones (excluding diaryl/α,β-unsaturated/α-hetero) is 1. The minimum absolute atomic E-state index is 0.0454. The molecule has 9 heteroatoms. The molecule has 0 aromatic heterocycles. The summed E-state index contributed by atoms with van der Waals surface area (Å²) in [4.78, 5) is 47.8. The third-order valence-corrected chi connectivity index (χ3v) is 4.96. The van der Waals surface area contributed by atoms with Gasteiger partial charge in [-0.2, -0.15) is 0 Å². The van der Waals surface area contributed by atoms with Crippen LogP contribution in [0.5, 0.6) is 5.75 Å². The number of ether oxygens (including phenoxy) is 3. The number of benzene rings is 2. The van der Waals surface area contributed by atoms with Gasteiger partial charge in [0, 0.05) is 13.3 Å². The van der Waals surface area contributed by atoms with Crippen LogP contribution in [0.25, 0.3) is 0 Å². The van der Waals surface area contributed by atoms with Gasteiger partial charge < -0.3 is 19.5 Å². The fraction of sp³-hybridized carbons (Fsp3) is 0.273. The van der Waals surface area contributed by atoms with Crippen LogP contribution in [0, 0.1) is 3.57 Å². The number of amides is 1. The number of esters is 2. The minimum atomic E-state index is -1.04. The molecule has 2 aromatic rings. The van der Waals surface area contributed by atoms with Gasteiger partial charge in [-0.25, -0.2) is 9.59 Å². The van der Waals surface area contributed by atoms with Crippen LogP contribution in [-0.2, 0) is 32.1 Å². The standard InChI is InChI=1S/C22H22INO7/c1-13(25)17-9-16(10-18(23)20(17)31-14(2)26)11-19(21(27)29-3)24-22(28)30-12-15-7-5-4-6-8-15/h4-10,19H,11-12H2,1-3H3,(H,24,28)/t19-/m0/s1. The summed E-state index contributed by atoms with van der Waals surface area (Å²) in [5.41, 5.74) is 1.57. The lowest BCUT2D eigenvalue weighted by molar-refractivity contribution is -0.143. The zero-order valence-corrected chi connectivity index (χ0v) is 19.4. The van der Waals surface area contributed by atoms with Crippen molar-refractivity contribution >= 4 is 46.4 Å². The van der Waals surface area contributed by atoms with E-state index in [1.807, 2.05) is 40.8 Å². The van der Waals surface area contributed by atoms with Crippen molar-refractivity contribution < 1.29 is 33.4 Å². The third kappa shape index (κ3) is 7.35. The van der Waals surface area contributed by atoms with E-state index < -0.39 is 24.1 Å². The highest BCUT2D eigenvalue weighted by Crippen LogP contribution is 2.29. The van der Waals surface area contributed by atoms with Crippen molar-refractivity contribution in [3.8, 4) is 5.75 Å². The lowest BCUT2D eigenvalue weighted by Gasteiger charge is -2.18. The van der Waals surface area contributed by atoms with Crippen molar-refractivity contribution in [3.63, 3.8) is 0 Å². The summed E-state index contributed by atoms with van der Waals surface area (Å²) in [6.45, 7) is 2.63. The molecule has 0 saturated heterocycles. The van der Waals surface area contributed by atoms with E-state index in [9.17, 15) is 19.2 Å². The molecule has 0 saturated carbocycles. The summed E-state index contributed by atoms with van der Waals surface area (Å²) >= 11 is 1.94. The van der Waals surface area contributed by atoms with E-state index in [0.29, 0.717) is 9.13 Å². The molecule has 0 unspecified atom stereocenters. The number of hydrogen-bond donors (Lipinski definition) is 1. The molecule has 8 nitrogen and oxygen atoms in total. The number of rotatable bonds is 8. The highest BCUT2D eigenvalue weighted by molar-refractivity contribution is 14.1. The molecular formula is C22H22INO7. The van der Waals surface area contributed by atoms with Crippen LogP contribution in [0.2, 0.25) is 0 Å². The fourth-order valence-electron chi connectivity index (χ4n) is 2.75. The van der Waals surface area contributed by atoms with Crippen molar-refractivity contribution in [3.05, 3.63) is 62.7 Å². The Morgan fingerprint density at radius 3 is 2.29 bits per heavy atom. The van der Waals surface area contributed by atoms with E-state index in [4.69, 9.17) is 14.2 Å². The number of carbonyl (C=O) groups is 4. The molecule has 0 aliphatic rings. The molecule has 0 fully saturated rings. The number of hydrogen-bond acceptors (Lipinski definition) is 7. The normalized spacial score (nSPS) is 11.2. The molecular weight excluding hydrogens is 517 g/mol. The Hall–Kier alpha value is -2.95. The molecule has 2 aromatic carbocycles. The molecule has 0 radical (unpaired) electrons. The van der Waals surface area contributed by atoms with E-state index in [1.54, 1.807) is 18.2 Å². The van der Waals surface area contributed by atoms with Crippen LogP contribution < -0.4 is 10.1 Å². The largest absolute Gasteiger partial charge is 0.467 e. The van der Waals surface area contributed by atoms with Gasteiger partial charge in [0.25, 0.3) is 0 Å². The Morgan fingerprint density at radius 1 is 1.03 bits per heavy atom. The molecule has 1 N–H and O–H groups in total. The van der Waals surface area contributed by atoms with Crippen LogP contribution in [0.15, 0.2) is 42.5 Å². The maximum absolute atomic E-state index is 12.2. The predicted octanol–water partition coefficient (Wildman–Crippen LogP) is 3.43. The number of methoxy groups -OCH3 is 1. The summed E-state index contributed by atoms with van der Waals surface area (Å²) < 4.78 is 15.6. The number of carbonyl (C=O) groups excluding carboxylic acids is 4. The topological polar surface area (TPSA) is 108 Å². The minimum Gasteiger partial charge on any atom is -0.467 e. The van der Waals surface area contributed by atoms with Crippen LogP contribution >= 0.6 is 22.6 Å². The Bertz CT molecular complexity index is 975. The van der Waals surface area contributed by atoms with Crippen molar-refractivity contribution in [1.82, 2.24) is 5.32 Å². The monoisotopic (exact) mass is 539 g/mol. The Balaban J connectivity index is 2.18. The molecule has 0 spiro atoms. The van der Waals surface area contributed by atoms with Gasteiger partial charge in [0.05, 0.1) is 16.2 Å². The van der Waals surface area contributed by atoms with Gasteiger partial charge in [-0.3, -0.25) is 9.59 Å². The van der Waals surface area contributed by atoms with Crippen molar-refractivity contribution in [2.24, 2.45) is 0 Å². The summed E-state index contributed by atoms with van der Waals surface area (Å²) in [5, 5.41) is 2.49. The van der Waals surface area contributed by atoms with E-state index >= 15 is 0 Å². The molecule has 1 amide bonds. The van der Waals surface area contributed by atoms with Crippen molar-refractivity contribution in [2.75, 3.05) is 7.11 Å². The third-order valence-electron chi connectivity index (χ3n) is 4.16. The average Bonchev–Trinajstić information content (AvgIpc) is 2.73. The van der Waals surface area contributed by atoms with E-state index in [2.05, 4.69) is 5.32 Å². The quantitative estimate of drug-likeness (QED) is 0.237. The molecule has 2 rings (SSSR count). The van der Waals surface area contributed by atoms with E-state index in [-0.39, 0.29) is 30.1 Å². The van der Waals surface area contributed by atoms with Crippen LogP contribution in [0.1, 0.15) is 35.3 Å². The Labute approximate surface area is 193 Å². The van der Waals surface area contributed by atoms with Gasteiger partial charge in [0.1, 0.15) is 12.6 Å². The van der Waals surface area contributed by atoms with Crippen LogP contribution in [0.3, 0.4) is 0 Å². The highest BCUT2D eigenvalue weighted by Gasteiger charge is 2.25. The van der Waals surface area contributed by atoms with E-state index in [1.165, 1.54) is 27.0 Å². The number of nitrogens with one attached hydrogen (secondary N) is 1. The average molecular weight is 539 g/mol. The molecule has 164 valence electrons. The lowest BCUT2D eigenvalue weighted by atomic mass is 10.0. The van der Waals surface area contributed by atoms with Crippen LogP contribution in [-0.4, -0.2) is 37.0 Å². The fourth-order valence-corrected chi connectivity index (χ4v) is 3.56. The second-order valence-electron chi connectivity index (χ2n) is 6.59. The van der Waals surface area contributed by atoms with E-state index in [0.717, 1.165) is 5.56 Å². The summed E-state index contributed by atoms with van der Waals surface area (Å²) in [6, 6.07) is 11.3. The second kappa shape index (κ2) is 11.4. The van der Waals surface area contributed by atoms with Gasteiger partial charge in [0.15, 0.2) is 11.5 Å². The molecule has 0 aliphatic heterocycles. The Kier molecular flexibility index (Phi) is 8.98. The molecule has 31 heavy (non-hydrogen) atoms. The number of alkyl carbamates (subject to hydrolysis) is 1.